The van der Waals surface area contributed by atoms with E-state index in [1.807, 2.05) is 6.92 Å². The normalized spacial score (nSPS) is 35.0. The highest BCUT2D eigenvalue weighted by Crippen LogP contribution is 2.24. The van der Waals surface area contributed by atoms with Crippen molar-refractivity contribution in [2.75, 3.05) is 0 Å². The first-order chi connectivity index (χ1) is 6.02. The lowest BCUT2D eigenvalue weighted by molar-refractivity contribution is -0.138. The maximum absolute atomic E-state index is 10.8. The van der Waals surface area contributed by atoms with Crippen LogP contribution in [0, 0.1) is 11.8 Å². The molecule has 0 fully saturated rings. The van der Waals surface area contributed by atoms with E-state index in [2.05, 4.69) is 18.8 Å². The topological polar surface area (TPSA) is 49.7 Å². The van der Waals surface area contributed by atoms with Gasteiger partial charge in [-0.2, -0.15) is 0 Å². The summed E-state index contributed by atoms with van der Waals surface area (Å²) in [7, 11) is 0. The summed E-state index contributed by atoms with van der Waals surface area (Å²) in [5, 5.41) is 8.85. The second kappa shape index (κ2) is 3.90. The molecule has 0 radical (unpaired) electrons. The lowest BCUT2D eigenvalue weighted by Gasteiger charge is -2.15. The molecule has 3 heteroatoms. The highest BCUT2D eigenvalue weighted by atomic mass is 16.4. The molecule has 0 saturated carbocycles. The summed E-state index contributed by atoms with van der Waals surface area (Å²) in [5.41, 5.74) is 0.984. The minimum absolute atomic E-state index is 0.421. The second-order valence-corrected chi connectivity index (χ2v) is 3.97. The molecule has 1 N–H and O–H groups in total. The van der Waals surface area contributed by atoms with Crippen LogP contribution in [0.2, 0.25) is 0 Å². The molecule has 3 unspecified atom stereocenters. The van der Waals surface area contributed by atoms with Crippen molar-refractivity contribution in [3.63, 3.8) is 0 Å². The van der Waals surface area contributed by atoms with Crippen LogP contribution in [0.4, 0.5) is 0 Å². The van der Waals surface area contributed by atoms with Crippen molar-refractivity contribution >= 4 is 11.7 Å². The maximum atomic E-state index is 10.8. The predicted octanol–water partition coefficient (Wildman–Crippen LogP) is 1.97. The largest absolute Gasteiger partial charge is 0.480 e. The van der Waals surface area contributed by atoms with Crippen molar-refractivity contribution < 1.29 is 9.90 Å². The van der Waals surface area contributed by atoms with Gasteiger partial charge in [0.1, 0.15) is 6.04 Å². The third kappa shape index (κ3) is 2.29. The van der Waals surface area contributed by atoms with Crippen LogP contribution in [0.5, 0.6) is 0 Å². The summed E-state index contributed by atoms with van der Waals surface area (Å²) in [4.78, 5) is 15.0. The second-order valence-electron chi connectivity index (χ2n) is 3.97. The van der Waals surface area contributed by atoms with E-state index in [0.29, 0.717) is 18.3 Å². The molecule has 1 aliphatic rings. The number of aliphatic carboxylic acids is 1. The summed E-state index contributed by atoms with van der Waals surface area (Å²) < 4.78 is 0. The zero-order valence-corrected chi connectivity index (χ0v) is 8.45. The molecule has 0 aromatic carbocycles. The monoisotopic (exact) mass is 183 g/mol. The van der Waals surface area contributed by atoms with Gasteiger partial charge >= 0.3 is 5.97 Å². The van der Waals surface area contributed by atoms with Crippen LogP contribution in [0.25, 0.3) is 0 Å². The summed E-state index contributed by atoms with van der Waals surface area (Å²) in [5.74, 6) is 0.179. The molecule has 1 aliphatic heterocycles. The number of rotatable bonds is 1. The first-order valence-corrected chi connectivity index (χ1v) is 4.79. The third-order valence-electron chi connectivity index (χ3n) is 3.05. The van der Waals surface area contributed by atoms with Gasteiger partial charge in [-0.1, -0.05) is 13.8 Å². The molecule has 0 aromatic heterocycles. The SMILES string of the molecule is CC1=NC(C(=O)O)CCC(C)C1C. The Balaban J connectivity index is 2.81. The third-order valence-corrected chi connectivity index (χ3v) is 3.05. The number of nitrogens with zero attached hydrogens (tertiary/aromatic N) is 1. The van der Waals surface area contributed by atoms with E-state index >= 15 is 0 Å². The summed E-state index contributed by atoms with van der Waals surface area (Å²) in [6.45, 7) is 6.21. The van der Waals surface area contributed by atoms with Crippen LogP contribution >= 0.6 is 0 Å². The Bertz CT molecular complexity index is 235. The Hall–Kier alpha value is -0.860. The molecule has 0 saturated heterocycles. The summed E-state index contributed by atoms with van der Waals surface area (Å²) in [6, 6.07) is -0.507. The van der Waals surface area contributed by atoms with Crippen molar-refractivity contribution in [2.24, 2.45) is 16.8 Å². The lowest BCUT2D eigenvalue weighted by Crippen LogP contribution is -2.18. The van der Waals surface area contributed by atoms with Crippen molar-refractivity contribution in [1.29, 1.82) is 0 Å². The van der Waals surface area contributed by atoms with Crippen LogP contribution in [0.3, 0.4) is 0 Å². The highest BCUT2D eigenvalue weighted by Gasteiger charge is 2.25. The predicted molar refractivity (Wildman–Crippen MR) is 52.1 cm³/mol. The number of carboxylic acids is 1. The highest BCUT2D eigenvalue weighted by molar-refractivity contribution is 5.87. The van der Waals surface area contributed by atoms with E-state index in [9.17, 15) is 4.79 Å². The van der Waals surface area contributed by atoms with Gasteiger partial charge < -0.3 is 5.11 Å². The van der Waals surface area contributed by atoms with E-state index < -0.39 is 12.0 Å². The van der Waals surface area contributed by atoms with E-state index in [4.69, 9.17) is 5.11 Å². The zero-order chi connectivity index (χ0) is 10.0. The average molecular weight is 183 g/mol. The fourth-order valence-electron chi connectivity index (χ4n) is 1.69. The molecule has 0 spiro atoms. The van der Waals surface area contributed by atoms with Crippen molar-refractivity contribution in [3.05, 3.63) is 0 Å². The number of carbonyl (C=O) groups is 1. The Morgan fingerprint density at radius 2 is 2.08 bits per heavy atom. The van der Waals surface area contributed by atoms with Crippen molar-refractivity contribution in [3.8, 4) is 0 Å². The maximum Gasteiger partial charge on any atom is 0.328 e. The van der Waals surface area contributed by atoms with Gasteiger partial charge in [-0.3, -0.25) is 4.99 Å². The average Bonchev–Trinajstić information content (AvgIpc) is 2.19. The fourth-order valence-corrected chi connectivity index (χ4v) is 1.69. The van der Waals surface area contributed by atoms with Gasteiger partial charge in [-0.05, 0) is 31.6 Å². The molecular weight excluding hydrogens is 166 g/mol. The van der Waals surface area contributed by atoms with E-state index in [1.54, 1.807) is 0 Å². The van der Waals surface area contributed by atoms with E-state index in [0.717, 1.165) is 12.1 Å². The standard InChI is InChI=1S/C10H17NO2/c1-6-4-5-9(10(12)13)11-8(3)7(6)2/h6-7,9H,4-5H2,1-3H3,(H,12,13). The molecule has 13 heavy (non-hydrogen) atoms. The van der Waals surface area contributed by atoms with Gasteiger partial charge in [-0.15, -0.1) is 0 Å². The van der Waals surface area contributed by atoms with Crippen LogP contribution in [0.15, 0.2) is 4.99 Å². The summed E-state index contributed by atoms with van der Waals surface area (Å²) >= 11 is 0. The minimum atomic E-state index is -0.791. The molecule has 0 amide bonds. The number of carboxylic acid groups (broad SMARTS) is 1. The van der Waals surface area contributed by atoms with Crippen LogP contribution in [-0.4, -0.2) is 22.8 Å². The smallest absolute Gasteiger partial charge is 0.328 e. The van der Waals surface area contributed by atoms with Gasteiger partial charge in [0.15, 0.2) is 0 Å². The quantitative estimate of drug-likeness (QED) is 0.675. The van der Waals surface area contributed by atoms with Gasteiger partial charge in [0.05, 0.1) is 0 Å². The molecule has 74 valence electrons. The van der Waals surface area contributed by atoms with Crippen LogP contribution in [-0.2, 0) is 4.79 Å². The van der Waals surface area contributed by atoms with Gasteiger partial charge in [0, 0.05) is 5.71 Å². The van der Waals surface area contributed by atoms with Crippen molar-refractivity contribution in [2.45, 2.75) is 39.7 Å². The molecule has 1 heterocycles. The van der Waals surface area contributed by atoms with Crippen LogP contribution in [0.1, 0.15) is 33.6 Å². The van der Waals surface area contributed by atoms with Gasteiger partial charge in [0.25, 0.3) is 0 Å². The van der Waals surface area contributed by atoms with Gasteiger partial charge in [0.2, 0.25) is 0 Å². The Kier molecular flexibility index (Phi) is 3.07. The molecule has 0 bridgehead atoms. The van der Waals surface area contributed by atoms with Crippen LogP contribution < -0.4 is 0 Å². The number of hydrogen-bond acceptors (Lipinski definition) is 2. The molecule has 1 rings (SSSR count). The van der Waals surface area contributed by atoms with E-state index in [1.165, 1.54) is 0 Å². The Labute approximate surface area is 78.9 Å². The molecule has 3 nitrogen and oxygen atoms in total. The first kappa shape index (κ1) is 10.2. The molecule has 3 atom stereocenters. The Morgan fingerprint density at radius 1 is 1.46 bits per heavy atom. The minimum Gasteiger partial charge on any atom is -0.480 e. The fraction of sp³-hybridized carbons (Fsp3) is 0.800. The lowest BCUT2D eigenvalue weighted by atomic mass is 9.89. The van der Waals surface area contributed by atoms with E-state index in [-0.39, 0.29) is 0 Å². The molecular formula is C10H17NO2. The first-order valence-electron chi connectivity index (χ1n) is 4.79. The van der Waals surface area contributed by atoms with Crippen molar-refractivity contribution in [1.82, 2.24) is 0 Å². The zero-order valence-electron chi connectivity index (χ0n) is 8.45. The number of hydrogen-bond donors (Lipinski definition) is 1. The Morgan fingerprint density at radius 3 is 2.62 bits per heavy atom. The molecule has 0 aliphatic carbocycles. The molecule has 0 aromatic rings. The summed E-state index contributed by atoms with van der Waals surface area (Å²) in [6.07, 6.45) is 1.64. The number of aliphatic imine (C=N–C) groups is 1. The van der Waals surface area contributed by atoms with Gasteiger partial charge in [-0.25, -0.2) is 4.79 Å².